The fraction of sp³-hybridized carbons (Fsp3) is 0.571. The van der Waals surface area contributed by atoms with Crippen molar-refractivity contribution >= 4 is 28.2 Å². The van der Waals surface area contributed by atoms with Crippen molar-refractivity contribution in [1.82, 2.24) is 0 Å². The first kappa shape index (κ1) is 31.5. The Kier molecular flexibility index (Phi) is 13.8. The standard InChI is InChI=1S/3C2HF3O2.CH3F3Si/c3*3-2(4,5)1(6)7;2-1(3,4)5/h3*(H,6,7);5H3. The SMILES string of the molecule is FC(F)(F)[SiH3].O=C(O)C(F)(F)F.O=C(O)C(F)(F)F.O=C(O)C(F)(F)F. The van der Waals surface area contributed by atoms with Gasteiger partial charge in [0.05, 0.1) is 0 Å². The second kappa shape index (κ2) is 11.4. The molecule has 0 unspecified atom stereocenters. The van der Waals surface area contributed by atoms with Crippen LogP contribution >= 0.6 is 0 Å². The molecule has 0 amide bonds. The molecule has 0 aromatic rings. The lowest BCUT2D eigenvalue weighted by Gasteiger charge is -1.93. The smallest absolute Gasteiger partial charge is 0.475 e. The van der Waals surface area contributed by atoms with Gasteiger partial charge in [0.2, 0.25) is 0 Å². The molecular formula is C7H6F12O6Si. The maximum absolute atomic E-state index is 10.6. The first-order valence-electron chi connectivity index (χ1n) is 4.80. The van der Waals surface area contributed by atoms with E-state index in [2.05, 4.69) is 0 Å². The number of hydrogen-bond donors (Lipinski definition) is 3. The second-order valence-electron chi connectivity index (χ2n) is 3.19. The average molecular weight is 442 g/mol. The van der Waals surface area contributed by atoms with Gasteiger partial charge in [-0.3, -0.25) is 0 Å². The maximum atomic E-state index is 10.6. The molecule has 158 valence electrons. The van der Waals surface area contributed by atoms with Crippen LogP contribution in [-0.4, -0.2) is 67.8 Å². The number of carbonyl (C=O) groups is 3. The highest BCUT2D eigenvalue weighted by Crippen LogP contribution is 2.14. The highest BCUT2D eigenvalue weighted by molar-refractivity contribution is 6.11. The number of halogens is 12. The Balaban J connectivity index is -0.000000125. The third kappa shape index (κ3) is 37.8. The van der Waals surface area contributed by atoms with E-state index in [0.717, 1.165) is 0 Å². The van der Waals surface area contributed by atoms with Crippen molar-refractivity contribution in [2.24, 2.45) is 0 Å². The zero-order valence-corrected chi connectivity index (χ0v) is 13.6. The molecule has 26 heavy (non-hydrogen) atoms. The summed E-state index contributed by atoms with van der Waals surface area (Å²) in [6, 6.07) is 0. The summed E-state index contributed by atoms with van der Waals surface area (Å²) in [6.07, 6.45) is -15.3. The zero-order chi connectivity index (χ0) is 22.7. The molecule has 0 aromatic heterocycles. The molecule has 6 nitrogen and oxygen atoms in total. The summed E-state index contributed by atoms with van der Waals surface area (Å²) in [6.45, 7) is 0. The van der Waals surface area contributed by atoms with Crippen LogP contribution in [0.1, 0.15) is 0 Å². The van der Waals surface area contributed by atoms with Gasteiger partial charge in [0.15, 0.2) is 0 Å². The number of alkyl halides is 12. The monoisotopic (exact) mass is 442 g/mol. The Morgan fingerprint density at radius 2 is 0.538 bits per heavy atom. The largest absolute Gasteiger partial charge is 0.490 e. The van der Waals surface area contributed by atoms with E-state index in [4.69, 9.17) is 29.7 Å². The van der Waals surface area contributed by atoms with Gasteiger partial charge in [-0.25, -0.2) is 14.4 Å². The highest BCUT2D eigenvalue weighted by atomic mass is 28.1. The first-order valence-corrected chi connectivity index (χ1v) is 5.80. The van der Waals surface area contributed by atoms with Gasteiger partial charge in [-0.1, -0.05) is 0 Å². The lowest BCUT2D eigenvalue weighted by Crippen LogP contribution is -2.21. The van der Waals surface area contributed by atoms with Crippen LogP contribution in [0, 0.1) is 0 Å². The molecule has 0 bridgehead atoms. The molecule has 19 heteroatoms. The van der Waals surface area contributed by atoms with Crippen molar-refractivity contribution in [1.29, 1.82) is 0 Å². The van der Waals surface area contributed by atoms with Crippen molar-refractivity contribution in [2.45, 2.75) is 24.3 Å². The summed E-state index contributed by atoms with van der Waals surface area (Å²) >= 11 is 0. The molecular weight excluding hydrogens is 436 g/mol. The molecule has 0 aliphatic carbocycles. The molecule has 0 fully saturated rings. The number of aliphatic carboxylic acids is 3. The van der Waals surface area contributed by atoms with Crippen LogP contribution in [0.2, 0.25) is 0 Å². The molecule has 0 aromatic carbocycles. The van der Waals surface area contributed by atoms with Crippen LogP contribution in [0.15, 0.2) is 0 Å². The summed E-state index contributed by atoms with van der Waals surface area (Å²) < 4.78 is 126. The van der Waals surface area contributed by atoms with Crippen LogP contribution in [0.4, 0.5) is 52.7 Å². The molecule has 0 heterocycles. The summed E-state index contributed by atoms with van der Waals surface area (Å²) in [5, 5.41) is 21.4. The molecule has 0 saturated carbocycles. The van der Waals surface area contributed by atoms with E-state index in [1.54, 1.807) is 0 Å². The van der Waals surface area contributed by atoms with Gasteiger partial charge in [0.1, 0.15) is 10.2 Å². The Labute approximate surface area is 136 Å². The third-order valence-corrected chi connectivity index (χ3v) is 0.728. The summed E-state index contributed by atoms with van der Waals surface area (Å²) in [4.78, 5) is 26.7. The Hall–Kier alpha value is -2.21. The van der Waals surface area contributed by atoms with Crippen LogP contribution < -0.4 is 0 Å². The van der Waals surface area contributed by atoms with E-state index >= 15 is 0 Å². The molecule has 0 aliphatic heterocycles. The molecule has 0 rings (SSSR count). The van der Waals surface area contributed by atoms with Crippen LogP contribution in [0.5, 0.6) is 0 Å². The molecule has 0 aliphatic rings. The minimum atomic E-state index is -5.08. The second-order valence-corrected chi connectivity index (χ2v) is 4.32. The Bertz CT molecular complexity index is 384. The van der Waals surface area contributed by atoms with Crippen LogP contribution in [0.3, 0.4) is 0 Å². The Morgan fingerprint density at radius 1 is 0.500 bits per heavy atom. The molecule has 3 N–H and O–H groups in total. The Morgan fingerprint density at radius 3 is 0.538 bits per heavy atom. The van der Waals surface area contributed by atoms with Gasteiger partial charge in [-0.05, 0) is 0 Å². The van der Waals surface area contributed by atoms with Crippen LogP contribution in [0.25, 0.3) is 0 Å². The fourth-order valence-corrected chi connectivity index (χ4v) is 0. The van der Waals surface area contributed by atoms with E-state index in [9.17, 15) is 52.7 Å². The van der Waals surface area contributed by atoms with Gasteiger partial charge in [0.25, 0.3) is 0 Å². The lowest BCUT2D eigenvalue weighted by atomic mass is 10.7. The quantitative estimate of drug-likeness (QED) is 0.390. The average Bonchev–Trinajstić information content (AvgIpc) is 2.23. The van der Waals surface area contributed by atoms with Crippen molar-refractivity contribution in [3.05, 3.63) is 0 Å². The van der Waals surface area contributed by atoms with Gasteiger partial charge in [0, 0.05) is 0 Å². The van der Waals surface area contributed by atoms with Crippen molar-refractivity contribution in [3.63, 3.8) is 0 Å². The van der Waals surface area contributed by atoms with Gasteiger partial charge in [-0.2, -0.15) is 52.7 Å². The van der Waals surface area contributed by atoms with Gasteiger partial charge >= 0.3 is 42.2 Å². The van der Waals surface area contributed by atoms with Crippen LogP contribution in [-0.2, 0) is 14.4 Å². The van der Waals surface area contributed by atoms with Crippen molar-refractivity contribution < 1.29 is 82.4 Å². The minimum Gasteiger partial charge on any atom is -0.475 e. The lowest BCUT2D eigenvalue weighted by molar-refractivity contribution is -0.193. The number of carboxylic acids is 3. The van der Waals surface area contributed by atoms with E-state index in [1.165, 1.54) is 0 Å². The molecule has 0 radical (unpaired) electrons. The first-order chi connectivity index (χ1) is 10.8. The molecule has 0 spiro atoms. The van der Waals surface area contributed by atoms with Gasteiger partial charge < -0.3 is 15.3 Å². The zero-order valence-electron chi connectivity index (χ0n) is 11.6. The molecule has 0 saturated heterocycles. The van der Waals surface area contributed by atoms with Crippen molar-refractivity contribution in [2.75, 3.05) is 0 Å². The van der Waals surface area contributed by atoms with Gasteiger partial charge in [-0.15, -0.1) is 0 Å². The van der Waals surface area contributed by atoms with E-state index < -0.39 is 52.5 Å². The van der Waals surface area contributed by atoms with E-state index in [-0.39, 0.29) is 0 Å². The highest BCUT2D eigenvalue weighted by Gasteiger charge is 2.39. The summed E-state index contributed by atoms with van der Waals surface area (Å²) in [5.74, 6) is -12.1. The minimum absolute atomic E-state index is 0.692. The van der Waals surface area contributed by atoms with E-state index in [0.29, 0.717) is 0 Å². The normalized spacial score (nSPS) is 11.5. The molecule has 0 atom stereocenters. The third-order valence-electron chi connectivity index (χ3n) is 0.728. The summed E-state index contributed by atoms with van der Waals surface area (Å²) in [7, 11) is -0.692. The van der Waals surface area contributed by atoms with E-state index in [1.807, 2.05) is 0 Å². The fourth-order valence-electron chi connectivity index (χ4n) is 0. The number of hydrogen-bond acceptors (Lipinski definition) is 3. The summed E-state index contributed by atoms with van der Waals surface area (Å²) in [5.41, 5.74) is 0. The predicted octanol–water partition coefficient (Wildman–Crippen LogP) is 1.77. The number of carboxylic acid groups (broad SMARTS) is 3. The van der Waals surface area contributed by atoms with Crippen molar-refractivity contribution in [3.8, 4) is 0 Å². The topological polar surface area (TPSA) is 112 Å². The predicted molar refractivity (Wildman–Crippen MR) is 57.1 cm³/mol. The number of rotatable bonds is 0. The maximum Gasteiger partial charge on any atom is 0.490 e.